The lowest BCUT2D eigenvalue weighted by Gasteiger charge is -1.98. The topological polar surface area (TPSA) is 39.4 Å². The van der Waals surface area contributed by atoms with Crippen LogP contribution in [0, 0.1) is 0 Å². The summed E-state index contributed by atoms with van der Waals surface area (Å²) in [7, 11) is 0. The van der Waals surface area contributed by atoms with Crippen molar-refractivity contribution in [2.75, 3.05) is 13.2 Å². The first-order chi connectivity index (χ1) is 7.33. The largest absolute Gasteiger partial charge is 0.381 e. The van der Waals surface area contributed by atoms with E-state index in [0.717, 1.165) is 35.6 Å². The lowest BCUT2D eigenvalue weighted by molar-refractivity contribution is 0.193. The zero-order chi connectivity index (χ0) is 10.3. The monoisotopic (exact) mass is 267 g/mol. The van der Waals surface area contributed by atoms with Crippen molar-refractivity contribution in [3.8, 4) is 0 Å². The number of nitrogens with zero attached hydrogens (tertiary/aromatic N) is 3. The fraction of sp³-hybridized carbons (Fsp3) is 0.400. The first-order valence-electron chi connectivity index (χ1n) is 4.92. The van der Waals surface area contributed by atoms with E-state index in [9.17, 15) is 0 Å². The average Bonchev–Trinajstić information content (AvgIpc) is 2.84. The highest BCUT2D eigenvalue weighted by Crippen LogP contribution is 2.23. The molecule has 0 bridgehead atoms. The molecule has 0 spiro atoms. The van der Waals surface area contributed by atoms with Crippen molar-refractivity contribution in [3.05, 3.63) is 28.6 Å². The quantitative estimate of drug-likeness (QED) is 0.794. The van der Waals surface area contributed by atoms with Crippen LogP contribution in [0.15, 0.2) is 22.8 Å². The highest BCUT2D eigenvalue weighted by atomic mass is 79.9. The van der Waals surface area contributed by atoms with Crippen molar-refractivity contribution in [1.29, 1.82) is 0 Å². The van der Waals surface area contributed by atoms with E-state index >= 15 is 0 Å². The smallest absolute Gasteiger partial charge is 0.157 e. The third-order valence-electron chi connectivity index (χ3n) is 2.61. The highest BCUT2D eigenvalue weighted by molar-refractivity contribution is 9.10. The molecule has 15 heavy (non-hydrogen) atoms. The summed E-state index contributed by atoms with van der Waals surface area (Å²) in [5.41, 5.74) is 0.881. The van der Waals surface area contributed by atoms with Crippen LogP contribution in [0.5, 0.6) is 0 Å². The van der Waals surface area contributed by atoms with Crippen LogP contribution < -0.4 is 0 Å². The predicted molar refractivity (Wildman–Crippen MR) is 58.9 cm³/mol. The van der Waals surface area contributed by atoms with Crippen molar-refractivity contribution >= 4 is 21.6 Å². The van der Waals surface area contributed by atoms with Gasteiger partial charge in [-0.2, -0.15) is 5.10 Å². The van der Waals surface area contributed by atoms with Gasteiger partial charge in [-0.05, 0) is 18.6 Å². The second-order valence-electron chi connectivity index (χ2n) is 3.68. The maximum Gasteiger partial charge on any atom is 0.157 e. The minimum atomic E-state index is 0.365. The summed E-state index contributed by atoms with van der Waals surface area (Å²) in [5.74, 6) is 1.26. The van der Waals surface area contributed by atoms with Gasteiger partial charge in [0.1, 0.15) is 0 Å². The molecule has 5 heteroatoms. The van der Waals surface area contributed by atoms with Gasteiger partial charge in [-0.3, -0.25) is 0 Å². The second-order valence-corrected chi connectivity index (χ2v) is 4.59. The van der Waals surface area contributed by atoms with Crippen LogP contribution in [-0.2, 0) is 4.74 Å². The van der Waals surface area contributed by atoms with Gasteiger partial charge in [-0.15, -0.1) is 0 Å². The Morgan fingerprint density at radius 2 is 2.47 bits per heavy atom. The molecule has 1 unspecified atom stereocenters. The molecule has 4 nitrogen and oxygen atoms in total. The summed E-state index contributed by atoms with van der Waals surface area (Å²) in [6.45, 7) is 1.57. The number of hydrogen-bond donors (Lipinski definition) is 0. The van der Waals surface area contributed by atoms with E-state index in [-0.39, 0.29) is 0 Å². The summed E-state index contributed by atoms with van der Waals surface area (Å²) in [6.07, 6.45) is 2.93. The van der Waals surface area contributed by atoms with E-state index in [1.54, 1.807) is 4.52 Å². The second kappa shape index (κ2) is 3.57. The normalized spacial score (nSPS) is 21.3. The molecule has 1 saturated heterocycles. The first kappa shape index (κ1) is 9.30. The third-order valence-corrected chi connectivity index (χ3v) is 3.10. The number of pyridine rings is 1. The summed E-state index contributed by atoms with van der Waals surface area (Å²) in [6, 6.07) is 3.92. The third kappa shape index (κ3) is 1.66. The zero-order valence-corrected chi connectivity index (χ0v) is 9.64. The molecule has 0 aliphatic carbocycles. The lowest BCUT2D eigenvalue weighted by atomic mass is 10.1. The Bertz CT molecular complexity index is 490. The van der Waals surface area contributed by atoms with E-state index in [4.69, 9.17) is 4.74 Å². The zero-order valence-electron chi connectivity index (χ0n) is 8.06. The van der Waals surface area contributed by atoms with Crippen molar-refractivity contribution in [3.63, 3.8) is 0 Å². The molecule has 1 aliphatic rings. The average molecular weight is 268 g/mol. The standard InChI is InChI=1S/C10H10BrN3O/c11-8-1-3-14-9(5-8)12-10(13-14)7-2-4-15-6-7/h1,3,5,7H,2,4,6H2. The molecule has 1 atom stereocenters. The van der Waals surface area contributed by atoms with Crippen LogP contribution in [-0.4, -0.2) is 27.8 Å². The van der Waals surface area contributed by atoms with Crippen LogP contribution in [0.1, 0.15) is 18.2 Å². The van der Waals surface area contributed by atoms with Gasteiger partial charge < -0.3 is 4.74 Å². The molecule has 0 N–H and O–H groups in total. The van der Waals surface area contributed by atoms with Gasteiger partial charge >= 0.3 is 0 Å². The van der Waals surface area contributed by atoms with Gasteiger partial charge in [-0.1, -0.05) is 15.9 Å². The minimum absolute atomic E-state index is 0.365. The van der Waals surface area contributed by atoms with E-state index in [1.165, 1.54) is 0 Å². The van der Waals surface area contributed by atoms with Crippen LogP contribution >= 0.6 is 15.9 Å². The highest BCUT2D eigenvalue weighted by Gasteiger charge is 2.21. The molecule has 3 rings (SSSR count). The number of ether oxygens (including phenoxy) is 1. The number of aromatic nitrogens is 3. The van der Waals surface area contributed by atoms with Crippen molar-refractivity contribution < 1.29 is 4.74 Å². The van der Waals surface area contributed by atoms with Gasteiger partial charge in [0.2, 0.25) is 0 Å². The van der Waals surface area contributed by atoms with Crippen LogP contribution in [0.3, 0.4) is 0 Å². The number of rotatable bonds is 1. The number of hydrogen-bond acceptors (Lipinski definition) is 3. The maximum absolute atomic E-state index is 5.33. The SMILES string of the molecule is Brc1ccn2nc(C3CCOC3)nc2c1. The van der Waals surface area contributed by atoms with Crippen LogP contribution in [0.2, 0.25) is 0 Å². The van der Waals surface area contributed by atoms with E-state index in [2.05, 4.69) is 26.0 Å². The fourth-order valence-corrected chi connectivity index (χ4v) is 2.11. The molecule has 0 aromatic carbocycles. The van der Waals surface area contributed by atoms with Gasteiger partial charge in [-0.25, -0.2) is 9.50 Å². The Morgan fingerprint density at radius 1 is 1.53 bits per heavy atom. The van der Waals surface area contributed by atoms with Crippen LogP contribution in [0.4, 0.5) is 0 Å². The van der Waals surface area contributed by atoms with Crippen molar-refractivity contribution in [2.45, 2.75) is 12.3 Å². The van der Waals surface area contributed by atoms with Gasteiger partial charge in [0, 0.05) is 23.2 Å². The molecule has 2 aromatic rings. The first-order valence-corrected chi connectivity index (χ1v) is 5.72. The molecule has 1 aliphatic heterocycles. The minimum Gasteiger partial charge on any atom is -0.381 e. The molecule has 1 fully saturated rings. The summed E-state index contributed by atoms with van der Waals surface area (Å²) >= 11 is 3.42. The van der Waals surface area contributed by atoms with Gasteiger partial charge in [0.15, 0.2) is 11.5 Å². The molecule has 0 radical (unpaired) electrons. The predicted octanol–water partition coefficient (Wildman–Crippen LogP) is 2.00. The van der Waals surface area contributed by atoms with E-state index < -0.39 is 0 Å². The van der Waals surface area contributed by atoms with Gasteiger partial charge in [0.05, 0.1) is 6.61 Å². The molecular formula is C10H10BrN3O. The molecule has 0 amide bonds. The summed E-state index contributed by atoms with van der Waals surface area (Å²) in [4.78, 5) is 4.50. The Morgan fingerprint density at radius 3 is 3.27 bits per heavy atom. The molecule has 3 heterocycles. The van der Waals surface area contributed by atoms with Crippen LogP contribution in [0.25, 0.3) is 5.65 Å². The van der Waals surface area contributed by atoms with Crippen molar-refractivity contribution in [2.24, 2.45) is 0 Å². The number of halogens is 1. The summed E-state index contributed by atoms with van der Waals surface area (Å²) in [5, 5.41) is 4.44. The van der Waals surface area contributed by atoms with E-state index in [1.807, 2.05) is 18.3 Å². The Hall–Kier alpha value is -0.940. The molecular weight excluding hydrogens is 258 g/mol. The fourth-order valence-electron chi connectivity index (χ4n) is 1.79. The van der Waals surface area contributed by atoms with E-state index in [0.29, 0.717) is 5.92 Å². The maximum atomic E-state index is 5.33. The van der Waals surface area contributed by atoms with Gasteiger partial charge in [0.25, 0.3) is 0 Å². The Kier molecular flexibility index (Phi) is 2.21. The van der Waals surface area contributed by atoms with Crippen molar-refractivity contribution in [1.82, 2.24) is 14.6 Å². The lowest BCUT2D eigenvalue weighted by Crippen LogP contribution is -2.00. The molecule has 2 aromatic heterocycles. The Labute approximate surface area is 95.4 Å². The molecule has 78 valence electrons. The molecule has 0 saturated carbocycles. The summed E-state index contributed by atoms with van der Waals surface area (Å²) < 4.78 is 8.16. The Balaban J connectivity index is 2.05. The number of fused-ring (bicyclic) bond motifs is 1.